The van der Waals surface area contributed by atoms with E-state index in [2.05, 4.69) is 34.7 Å². The van der Waals surface area contributed by atoms with Gasteiger partial charge in [-0.2, -0.15) is 0 Å². The Balaban J connectivity index is 1.49. The molecule has 1 aliphatic heterocycles. The number of hydrogen-bond acceptors (Lipinski definition) is 5. The fourth-order valence-corrected chi connectivity index (χ4v) is 3.27. The molecule has 1 aromatic carbocycles. The predicted molar refractivity (Wildman–Crippen MR) is 112 cm³/mol. The van der Waals surface area contributed by atoms with E-state index in [-0.39, 0.29) is 18.0 Å². The van der Waals surface area contributed by atoms with Gasteiger partial charge in [0.2, 0.25) is 0 Å². The van der Waals surface area contributed by atoms with Crippen molar-refractivity contribution in [2.75, 3.05) is 25.0 Å². The largest absolute Gasteiger partial charge is 0.450 e. The van der Waals surface area contributed by atoms with E-state index in [1.54, 1.807) is 24.1 Å². The number of aryl methyl sites for hydroxylation is 1. The van der Waals surface area contributed by atoms with E-state index >= 15 is 0 Å². The van der Waals surface area contributed by atoms with E-state index in [1.165, 1.54) is 5.56 Å². The fourth-order valence-electron chi connectivity index (χ4n) is 3.27. The Bertz CT molecular complexity index is 813. The smallest absolute Gasteiger partial charge is 0.409 e. The van der Waals surface area contributed by atoms with Crippen molar-refractivity contribution in [3.8, 4) is 0 Å². The summed E-state index contributed by atoms with van der Waals surface area (Å²) in [5.41, 5.74) is 3.47. The molecule has 0 bridgehead atoms. The maximum absolute atomic E-state index is 12.5. The molecule has 0 unspecified atom stereocenters. The second-order valence-corrected chi connectivity index (χ2v) is 7.04. The maximum atomic E-state index is 12.5. The number of ether oxygens (including phenoxy) is 1. The number of hydrogen-bond donors (Lipinski definition) is 2. The van der Waals surface area contributed by atoms with Gasteiger partial charge in [-0.3, -0.25) is 4.79 Å². The van der Waals surface area contributed by atoms with Crippen LogP contribution in [-0.2, 0) is 11.2 Å². The molecule has 2 amide bonds. The van der Waals surface area contributed by atoms with Crippen LogP contribution < -0.4 is 10.6 Å². The molecule has 1 fully saturated rings. The molecule has 29 heavy (non-hydrogen) atoms. The van der Waals surface area contributed by atoms with Crippen molar-refractivity contribution in [1.82, 2.24) is 15.2 Å². The van der Waals surface area contributed by atoms with E-state index < -0.39 is 0 Å². The van der Waals surface area contributed by atoms with Gasteiger partial charge in [-0.05, 0) is 56.0 Å². The molecule has 1 saturated heterocycles. The molecule has 1 aromatic heterocycles. The molecule has 154 valence electrons. The molecule has 3 rings (SSSR count). The summed E-state index contributed by atoms with van der Waals surface area (Å²) in [4.78, 5) is 30.2. The number of anilines is 2. The zero-order chi connectivity index (χ0) is 20.6. The van der Waals surface area contributed by atoms with Crippen LogP contribution in [0.2, 0.25) is 0 Å². The predicted octanol–water partition coefficient (Wildman–Crippen LogP) is 3.74. The number of piperidine rings is 1. The molecule has 2 aromatic rings. The summed E-state index contributed by atoms with van der Waals surface area (Å²) in [7, 11) is 0. The molecular weight excluding hydrogens is 368 g/mol. The van der Waals surface area contributed by atoms with Crippen LogP contribution in [0, 0.1) is 0 Å². The van der Waals surface area contributed by atoms with Gasteiger partial charge in [0.1, 0.15) is 5.69 Å². The standard InChI is InChI=1S/C22H28N4O3/c1-3-16-5-7-17(8-6-16)24-19-9-10-20(23-15-19)21(27)25-18-11-13-26(14-12-18)22(28)29-4-2/h5-10,15,18,24H,3-4,11-14H2,1-2H3,(H,25,27). The van der Waals surface area contributed by atoms with Gasteiger partial charge in [0, 0.05) is 24.8 Å². The lowest BCUT2D eigenvalue weighted by Crippen LogP contribution is -2.46. The normalized spacial score (nSPS) is 14.3. The number of aromatic nitrogens is 1. The zero-order valence-corrected chi connectivity index (χ0v) is 17.0. The molecular formula is C22H28N4O3. The highest BCUT2D eigenvalue weighted by Gasteiger charge is 2.25. The van der Waals surface area contributed by atoms with Gasteiger partial charge in [0.15, 0.2) is 0 Å². The minimum absolute atomic E-state index is 0.0323. The number of carbonyl (C=O) groups excluding carboxylic acids is 2. The van der Waals surface area contributed by atoms with Crippen LogP contribution in [-0.4, -0.2) is 47.6 Å². The summed E-state index contributed by atoms with van der Waals surface area (Å²) >= 11 is 0. The summed E-state index contributed by atoms with van der Waals surface area (Å²) in [5.74, 6) is -0.196. The average molecular weight is 396 g/mol. The SMILES string of the molecule is CCOC(=O)N1CCC(NC(=O)c2ccc(Nc3ccc(CC)cc3)cn2)CC1. The van der Waals surface area contributed by atoms with E-state index in [9.17, 15) is 9.59 Å². The molecule has 1 aliphatic rings. The lowest BCUT2D eigenvalue weighted by Gasteiger charge is -2.31. The minimum Gasteiger partial charge on any atom is -0.450 e. The van der Waals surface area contributed by atoms with Crippen LogP contribution in [0.3, 0.4) is 0 Å². The van der Waals surface area contributed by atoms with Crippen LogP contribution in [0.15, 0.2) is 42.6 Å². The lowest BCUT2D eigenvalue weighted by atomic mass is 10.1. The third kappa shape index (κ3) is 5.70. The number of nitrogens with zero attached hydrogens (tertiary/aromatic N) is 2. The van der Waals surface area contributed by atoms with E-state index in [0.717, 1.165) is 17.8 Å². The number of benzene rings is 1. The Hall–Kier alpha value is -3.09. The van der Waals surface area contributed by atoms with Gasteiger partial charge in [-0.25, -0.2) is 9.78 Å². The second kappa shape index (κ2) is 9.91. The summed E-state index contributed by atoms with van der Waals surface area (Å²) < 4.78 is 5.02. The van der Waals surface area contributed by atoms with Crippen molar-refractivity contribution in [3.63, 3.8) is 0 Å². The quantitative estimate of drug-likeness (QED) is 0.777. The summed E-state index contributed by atoms with van der Waals surface area (Å²) in [6.07, 6.45) is 3.79. The molecule has 0 spiro atoms. The number of amides is 2. The van der Waals surface area contributed by atoms with Crippen molar-refractivity contribution in [1.29, 1.82) is 0 Å². The molecule has 7 heteroatoms. The first kappa shape index (κ1) is 20.6. The summed E-state index contributed by atoms with van der Waals surface area (Å²) in [5, 5.41) is 6.29. The second-order valence-electron chi connectivity index (χ2n) is 7.04. The molecule has 7 nitrogen and oxygen atoms in total. The van der Waals surface area contributed by atoms with Crippen molar-refractivity contribution in [3.05, 3.63) is 53.9 Å². The number of nitrogens with one attached hydrogen (secondary N) is 2. The highest BCUT2D eigenvalue weighted by Crippen LogP contribution is 2.17. The maximum Gasteiger partial charge on any atom is 0.409 e. The van der Waals surface area contributed by atoms with Gasteiger partial charge in [0.25, 0.3) is 5.91 Å². The van der Waals surface area contributed by atoms with Gasteiger partial charge in [-0.1, -0.05) is 19.1 Å². The number of pyridine rings is 1. The first-order valence-electron chi connectivity index (χ1n) is 10.1. The monoisotopic (exact) mass is 396 g/mol. The summed E-state index contributed by atoms with van der Waals surface area (Å²) in [6.45, 7) is 5.45. The van der Waals surface area contributed by atoms with Gasteiger partial charge < -0.3 is 20.3 Å². The number of likely N-dealkylation sites (tertiary alicyclic amines) is 1. The summed E-state index contributed by atoms with van der Waals surface area (Å²) in [6, 6.07) is 11.8. The average Bonchev–Trinajstić information content (AvgIpc) is 2.75. The Morgan fingerprint density at radius 2 is 1.76 bits per heavy atom. The molecule has 2 N–H and O–H groups in total. The van der Waals surface area contributed by atoms with E-state index in [0.29, 0.717) is 38.2 Å². The van der Waals surface area contributed by atoms with Gasteiger partial charge in [0.05, 0.1) is 18.5 Å². The van der Waals surface area contributed by atoms with Crippen molar-refractivity contribution >= 4 is 23.4 Å². The zero-order valence-electron chi connectivity index (χ0n) is 17.0. The van der Waals surface area contributed by atoms with Crippen molar-refractivity contribution in [2.24, 2.45) is 0 Å². The Morgan fingerprint density at radius 1 is 1.07 bits per heavy atom. The lowest BCUT2D eigenvalue weighted by molar-refractivity contribution is 0.0856. The molecule has 0 radical (unpaired) electrons. The first-order valence-corrected chi connectivity index (χ1v) is 10.1. The number of rotatable bonds is 6. The van der Waals surface area contributed by atoms with Crippen molar-refractivity contribution in [2.45, 2.75) is 39.2 Å². The first-order chi connectivity index (χ1) is 14.1. The highest BCUT2D eigenvalue weighted by atomic mass is 16.6. The molecule has 0 aliphatic carbocycles. The van der Waals surface area contributed by atoms with Crippen LogP contribution in [0.5, 0.6) is 0 Å². The van der Waals surface area contributed by atoms with Crippen LogP contribution in [0.4, 0.5) is 16.2 Å². The Labute approximate surface area is 171 Å². The van der Waals surface area contributed by atoms with Gasteiger partial charge >= 0.3 is 6.09 Å². The highest BCUT2D eigenvalue weighted by molar-refractivity contribution is 5.92. The minimum atomic E-state index is -0.286. The third-order valence-corrected chi connectivity index (χ3v) is 5.00. The van der Waals surface area contributed by atoms with Crippen LogP contribution in [0.1, 0.15) is 42.7 Å². The third-order valence-electron chi connectivity index (χ3n) is 5.00. The van der Waals surface area contributed by atoms with Crippen LogP contribution in [0.25, 0.3) is 0 Å². The Morgan fingerprint density at radius 3 is 2.34 bits per heavy atom. The van der Waals surface area contributed by atoms with Gasteiger partial charge in [-0.15, -0.1) is 0 Å². The molecule has 0 saturated carbocycles. The van der Waals surface area contributed by atoms with Crippen molar-refractivity contribution < 1.29 is 14.3 Å². The van der Waals surface area contributed by atoms with E-state index in [1.807, 2.05) is 18.2 Å². The number of carbonyl (C=O) groups is 2. The molecule has 2 heterocycles. The molecule has 0 atom stereocenters. The van der Waals surface area contributed by atoms with Crippen LogP contribution >= 0.6 is 0 Å². The topological polar surface area (TPSA) is 83.6 Å². The van der Waals surface area contributed by atoms with E-state index in [4.69, 9.17) is 4.74 Å². The fraction of sp³-hybridized carbons (Fsp3) is 0.409. The Kier molecular flexibility index (Phi) is 7.05.